The van der Waals surface area contributed by atoms with Crippen LogP contribution in [0.25, 0.3) is 0 Å². The molecule has 20 heavy (non-hydrogen) atoms. The number of amidine groups is 1. The molecule has 4 heteroatoms. The average Bonchev–Trinajstić information content (AvgIpc) is 2.96. The number of anilines is 1. The summed E-state index contributed by atoms with van der Waals surface area (Å²) in [4.78, 5) is 2.46. The van der Waals surface area contributed by atoms with Crippen molar-refractivity contribution in [3.8, 4) is 0 Å². The molecular formula is C16H23N3O. The Bertz CT molecular complexity index is 479. The Labute approximate surface area is 120 Å². The molecular weight excluding hydrogens is 250 g/mol. The molecule has 1 aromatic carbocycles. The molecule has 3 N–H and O–H groups in total. The molecule has 0 radical (unpaired) electrons. The third-order valence-corrected chi connectivity index (χ3v) is 5.12. The predicted molar refractivity (Wildman–Crippen MR) is 81.3 cm³/mol. The van der Waals surface area contributed by atoms with Gasteiger partial charge in [0.15, 0.2) is 5.84 Å². The second-order valence-corrected chi connectivity index (χ2v) is 6.23. The van der Waals surface area contributed by atoms with E-state index >= 15 is 0 Å². The molecule has 0 aromatic heterocycles. The van der Waals surface area contributed by atoms with Gasteiger partial charge in [-0.15, -0.1) is 0 Å². The van der Waals surface area contributed by atoms with E-state index in [1.165, 1.54) is 44.2 Å². The zero-order chi connectivity index (χ0) is 14.0. The lowest BCUT2D eigenvalue weighted by atomic mass is 9.77. The minimum absolute atomic E-state index is 0.167. The van der Waals surface area contributed by atoms with Gasteiger partial charge in [0, 0.05) is 24.3 Å². The van der Waals surface area contributed by atoms with Crippen molar-refractivity contribution < 1.29 is 5.21 Å². The predicted octanol–water partition coefficient (Wildman–Crippen LogP) is 2.94. The van der Waals surface area contributed by atoms with Gasteiger partial charge in [0.25, 0.3) is 0 Å². The summed E-state index contributed by atoms with van der Waals surface area (Å²) in [5.41, 5.74) is 8.25. The number of rotatable bonds is 2. The lowest BCUT2D eigenvalue weighted by molar-refractivity contribution is 0.226. The molecule has 108 valence electrons. The van der Waals surface area contributed by atoms with E-state index in [0.29, 0.717) is 5.41 Å². The highest BCUT2D eigenvalue weighted by molar-refractivity contribution is 5.97. The smallest absolute Gasteiger partial charge is 0.170 e. The maximum atomic E-state index is 8.68. The monoisotopic (exact) mass is 273 g/mol. The summed E-state index contributed by atoms with van der Waals surface area (Å²) in [6.07, 6.45) is 8.37. The lowest BCUT2D eigenvalue weighted by Crippen LogP contribution is -2.38. The van der Waals surface area contributed by atoms with E-state index in [9.17, 15) is 0 Å². The van der Waals surface area contributed by atoms with Gasteiger partial charge in [-0.2, -0.15) is 0 Å². The first-order valence-corrected chi connectivity index (χ1v) is 7.55. The first-order valence-electron chi connectivity index (χ1n) is 7.55. The standard InChI is InChI=1S/C16H23N3O/c17-15(18-20)13-3-5-14(6-4-13)19-11-9-16(10-12-19)7-1-2-8-16/h3-6,20H,1-2,7-12H2,(H2,17,18). The van der Waals surface area contributed by atoms with Crippen LogP contribution in [0, 0.1) is 5.41 Å². The van der Waals surface area contributed by atoms with E-state index in [1.54, 1.807) is 0 Å². The minimum Gasteiger partial charge on any atom is -0.409 e. The summed E-state index contributed by atoms with van der Waals surface area (Å²) in [7, 11) is 0. The number of hydrogen-bond acceptors (Lipinski definition) is 3. The summed E-state index contributed by atoms with van der Waals surface area (Å²) in [5.74, 6) is 0.167. The van der Waals surface area contributed by atoms with Crippen molar-refractivity contribution in [1.82, 2.24) is 0 Å². The van der Waals surface area contributed by atoms with Crippen LogP contribution in [0.4, 0.5) is 5.69 Å². The fourth-order valence-corrected chi connectivity index (χ4v) is 3.77. The minimum atomic E-state index is 0.167. The largest absolute Gasteiger partial charge is 0.409 e. The summed E-state index contributed by atoms with van der Waals surface area (Å²) in [6, 6.07) is 7.98. The van der Waals surface area contributed by atoms with Crippen LogP contribution < -0.4 is 10.6 Å². The molecule has 1 saturated carbocycles. The van der Waals surface area contributed by atoms with Gasteiger partial charge >= 0.3 is 0 Å². The Hall–Kier alpha value is -1.71. The van der Waals surface area contributed by atoms with Crippen LogP contribution in [0.5, 0.6) is 0 Å². The van der Waals surface area contributed by atoms with Gasteiger partial charge in [-0.3, -0.25) is 0 Å². The van der Waals surface area contributed by atoms with Crippen molar-refractivity contribution in [2.45, 2.75) is 38.5 Å². The normalized spacial score (nSPS) is 22.4. The van der Waals surface area contributed by atoms with E-state index < -0.39 is 0 Å². The van der Waals surface area contributed by atoms with Gasteiger partial charge in [0.2, 0.25) is 0 Å². The third kappa shape index (κ3) is 2.47. The number of nitrogens with zero attached hydrogens (tertiary/aromatic N) is 2. The Morgan fingerprint density at radius 3 is 2.20 bits per heavy atom. The Morgan fingerprint density at radius 2 is 1.65 bits per heavy atom. The Kier molecular flexibility index (Phi) is 3.55. The molecule has 2 fully saturated rings. The van der Waals surface area contributed by atoms with Crippen LogP contribution in [-0.4, -0.2) is 24.1 Å². The number of hydrogen-bond donors (Lipinski definition) is 2. The van der Waals surface area contributed by atoms with Crippen LogP contribution in [0.2, 0.25) is 0 Å². The van der Waals surface area contributed by atoms with Gasteiger partial charge in [0.1, 0.15) is 0 Å². The van der Waals surface area contributed by atoms with Crippen LogP contribution in [0.3, 0.4) is 0 Å². The number of nitrogens with two attached hydrogens (primary N) is 1. The van der Waals surface area contributed by atoms with Crippen molar-refractivity contribution in [2.24, 2.45) is 16.3 Å². The molecule has 0 atom stereocenters. The number of piperidine rings is 1. The third-order valence-electron chi connectivity index (χ3n) is 5.12. The molecule has 3 rings (SSSR count). The second-order valence-electron chi connectivity index (χ2n) is 6.23. The van der Waals surface area contributed by atoms with Crippen molar-refractivity contribution in [3.05, 3.63) is 29.8 Å². The highest BCUT2D eigenvalue weighted by Gasteiger charge is 2.36. The van der Waals surface area contributed by atoms with Gasteiger partial charge in [-0.05, 0) is 55.4 Å². The maximum Gasteiger partial charge on any atom is 0.170 e. The average molecular weight is 273 g/mol. The van der Waals surface area contributed by atoms with Crippen molar-refractivity contribution >= 4 is 11.5 Å². The Balaban J connectivity index is 1.66. The zero-order valence-electron chi connectivity index (χ0n) is 11.9. The summed E-state index contributed by atoms with van der Waals surface area (Å²) < 4.78 is 0. The van der Waals surface area contributed by atoms with E-state index in [4.69, 9.17) is 10.9 Å². The molecule has 1 aliphatic carbocycles. The van der Waals surface area contributed by atoms with Crippen LogP contribution >= 0.6 is 0 Å². The second kappa shape index (κ2) is 5.35. The highest BCUT2D eigenvalue weighted by atomic mass is 16.4. The topological polar surface area (TPSA) is 61.9 Å². The van der Waals surface area contributed by atoms with Crippen LogP contribution in [0.15, 0.2) is 29.4 Å². The molecule has 1 saturated heterocycles. The molecule has 1 spiro atoms. The van der Waals surface area contributed by atoms with Gasteiger partial charge in [0.05, 0.1) is 0 Å². The van der Waals surface area contributed by atoms with Crippen molar-refractivity contribution in [2.75, 3.05) is 18.0 Å². The first-order chi connectivity index (χ1) is 9.72. The van der Waals surface area contributed by atoms with E-state index in [0.717, 1.165) is 18.7 Å². The van der Waals surface area contributed by atoms with Crippen LogP contribution in [0.1, 0.15) is 44.1 Å². The Morgan fingerprint density at radius 1 is 1.05 bits per heavy atom. The zero-order valence-corrected chi connectivity index (χ0v) is 11.9. The molecule has 0 amide bonds. The molecule has 4 nitrogen and oxygen atoms in total. The molecule has 0 unspecified atom stereocenters. The number of benzene rings is 1. The maximum absolute atomic E-state index is 8.68. The molecule has 1 heterocycles. The fraction of sp³-hybridized carbons (Fsp3) is 0.562. The van der Waals surface area contributed by atoms with Crippen LogP contribution in [-0.2, 0) is 0 Å². The quantitative estimate of drug-likeness (QED) is 0.377. The van der Waals surface area contributed by atoms with Crippen molar-refractivity contribution in [3.63, 3.8) is 0 Å². The van der Waals surface area contributed by atoms with E-state index in [-0.39, 0.29) is 5.84 Å². The molecule has 1 aliphatic heterocycles. The lowest BCUT2D eigenvalue weighted by Gasteiger charge is -2.40. The van der Waals surface area contributed by atoms with E-state index in [1.807, 2.05) is 12.1 Å². The summed E-state index contributed by atoms with van der Waals surface area (Å²) in [5, 5.41) is 11.7. The first kappa shape index (κ1) is 13.3. The SMILES string of the molecule is NC(=NO)c1ccc(N2CCC3(CCCC3)CC2)cc1. The number of oxime groups is 1. The fourth-order valence-electron chi connectivity index (χ4n) is 3.77. The molecule has 1 aromatic rings. The summed E-state index contributed by atoms with van der Waals surface area (Å²) in [6.45, 7) is 2.31. The van der Waals surface area contributed by atoms with Gasteiger partial charge in [-0.25, -0.2) is 0 Å². The molecule has 0 bridgehead atoms. The van der Waals surface area contributed by atoms with Gasteiger partial charge in [-0.1, -0.05) is 18.0 Å². The molecule has 2 aliphatic rings. The van der Waals surface area contributed by atoms with E-state index in [2.05, 4.69) is 22.2 Å². The highest BCUT2D eigenvalue weighted by Crippen LogP contribution is 2.46. The van der Waals surface area contributed by atoms with Gasteiger partial charge < -0.3 is 15.8 Å². The van der Waals surface area contributed by atoms with Crippen molar-refractivity contribution in [1.29, 1.82) is 0 Å². The summed E-state index contributed by atoms with van der Waals surface area (Å²) >= 11 is 0.